The third kappa shape index (κ3) is 3.75. The molecule has 7 nitrogen and oxygen atoms in total. The summed E-state index contributed by atoms with van der Waals surface area (Å²) in [5.41, 5.74) is 2.68. The number of nitrogens with one attached hydrogen (secondary N) is 3. The molecule has 0 aromatic heterocycles. The lowest BCUT2D eigenvalue weighted by atomic mass is 10.0. The van der Waals surface area contributed by atoms with Crippen LogP contribution in [0.1, 0.15) is 53.6 Å². The van der Waals surface area contributed by atoms with Gasteiger partial charge in [-0.05, 0) is 49.9 Å². The number of benzene rings is 1. The Morgan fingerprint density at radius 2 is 2.00 bits per heavy atom. The van der Waals surface area contributed by atoms with Gasteiger partial charge in [-0.15, -0.1) is 0 Å². The molecule has 144 valence electrons. The van der Waals surface area contributed by atoms with Crippen LogP contribution in [0.15, 0.2) is 18.2 Å². The Balaban J connectivity index is 1.48. The molecule has 0 bridgehead atoms. The number of piperidine rings is 1. The van der Waals surface area contributed by atoms with Gasteiger partial charge in [-0.2, -0.15) is 0 Å². The predicted octanol–water partition coefficient (Wildman–Crippen LogP) is 0.679. The van der Waals surface area contributed by atoms with E-state index in [0.29, 0.717) is 25.6 Å². The lowest BCUT2D eigenvalue weighted by molar-refractivity contribution is -0.136. The van der Waals surface area contributed by atoms with Gasteiger partial charge in [0.25, 0.3) is 5.91 Å². The molecule has 0 spiro atoms. The molecule has 3 N–H and O–H groups in total. The Hall–Kier alpha value is -2.25. The molecule has 27 heavy (non-hydrogen) atoms. The van der Waals surface area contributed by atoms with Gasteiger partial charge in [-0.1, -0.05) is 18.2 Å². The maximum atomic E-state index is 13.1. The highest BCUT2D eigenvalue weighted by atomic mass is 16.2. The number of imide groups is 1. The number of fused-ring (bicyclic) bond motifs is 1. The molecule has 0 radical (unpaired) electrons. The van der Waals surface area contributed by atoms with Crippen molar-refractivity contribution in [1.82, 2.24) is 20.9 Å². The molecule has 7 heteroatoms. The van der Waals surface area contributed by atoms with Crippen LogP contribution in [0.4, 0.5) is 0 Å². The van der Waals surface area contributed by atoms with Crippen LogP contribution in [0.25, 0.3) is 0 Å². The minimum Gasteiger partial charge on any atom is -0.322 e. The molecule has 2 unspecified atom stereocenters. The Labute approximate surface area is 158 Å². The van der Waals surface area contributed by atoms with Crippen LogP contribution in [-0.2, 0) is 22.7 Å². The summed E-state index contributed by atoms with van der Waals surface area (Å²) in [4.78, 5) is 38.3. The van der Waals surface area contributed by atoms with Gasteiger partial charge in [0.1, 0.15) is 6.04 Å². The molecular weight excluding hydrogens is 344 g/mol. The van der Waals surface area contributed by atoms with Gasteiger partial charge >= 0.3 is 0 Å². The standard InChI is InChI=1S/C20H26N4O3/c25-17-7-6-16(19(26)23-17)24-12-14-4-1-3-13(18(14)20(24)27)11-22-15-5-2-9-21-10-8-15/h1,3-4,15-16,21-22H,2,5-12H2,(H,23,25,26). The zero-order valence-corrected chi connectivity index (χ0v) is 15.4. The van der Waals surface area contributed by atoms with Crippen LogP contribution in [0.5, 0.6) is 0 Å². The summed E-state index contributed by atoms with van der Waals surface area (Å²) in [6, 6.07) is 5.83. The molecule has 4 rings (SSSR count). The maximum absolute atomic E-state index is 13.1. The highest BCUT2D eigenvalue weighted by Gasteiger charge is 2.39. The van der Waals surface area contributed by atoms with Gasteiger partial charge in [-0.25, -0.2) is 0 Å². The fourth-order valence-corrected chi connectivity index (χ4v) is 4.31. The number of nitrogens with zero attached hydrogens (tertiary/aromatic N) is 1. The Kier molecular flexibility index (Phi) is 5.22. The van der Waals surface area contributed by atoms with Crippen LogP contribution in [0, 0.1) is 0 Å². The van der Waals surface area contributed by atoms with Crippen LogP contribution >= 0.6 is 0 Å². The van der Waals surface area contributed by atoms with Crippen molar-refractivity contribution in [2.75, 3.05) is 13.1 Å². The van der Waals surface area contributed by atoms with Gasteiger partial charge < -0.3 is 15.5 Å². The van der Waals surface area contributed by atoms with E-state index in [2.05, 4.69) is 16.0 Å². The molecule has 2 fully saturated rings. The highest BCUT2D eigenvalue weighted by molar-refractivity contribution is 6.05. The molecule has 3 heterocycles. The summed E-state index contributed by atoms with van der Waals surface area (Å²) >= 11 is 0. The molecular formula is C20H26N4O3. The number of rotatable bonds is 4. The minimum atomic E-state index is -0.559. The average Bonchev–Trinajstić information content (AvgIpc) is 2.83. The van der Waals surface area contributed by atoms with E-state index < -0.39 is 6.04 Å². The Morgan fingerprint density at radius 3 is 2.85 bits per heavy atom. The first-order valence-corrected chi connectivity index (χ1v) is 9.83. The van der Waals surface area contributed by atoms with Crippen molar-refractivity contribution < 1.29 is 14.4 Å². The van der Waals surface area contributed by atoms with E-state index in [-0.39, 0.29) is 24.1 Å². The summed E-state index contributed by atoms with van der Waals surface area (Å²) in [6.45, 7) is 3.18. The van der Waals surface area contributed by atoms with E-state index in [1.807, 2.05) is 18.2 Å². The summed E-state index contributed by atoms with van der Waals surface area (Å²) in [7, 11) is 0. The fraction of sp³-hybridized carbons (Fsp3) is 0.550. The second-order valence-corrected chi connectivity index (χ2v) is 7.61. The van der Waals surface area contributed by atoms with Crippen LogP contribution in [0.3, 0.4) is 0 Å². The zero-order chi connectivity index (χ0) is 18.8. The lowest BCUT2D eigenvalue weighted by Gasteiger charge is -2.29. The van der Waals surface area contributed by atoms with Crippen molar-refractivity contribution in [1.29, 1.82) is 0 Å². The number of carbonyl (C=O) groups excluding carboxylic acids is 3. The second-order valence-electron chi connectivity index (χ2n) is 7.61. The normalized spacial score (nSPS) is 25.9. The lowest BCUT2D eigenvalue weighted by Crippen LogP contribution is -2.52. The van der Waals surface area contributed by atoms with E-state index in [1.54, 1.807) is 4.90 Å². The molecule has 3 amide bonds. The van der Waals surface area contributed by atoms with Crippen molar-refractivity contribution >= 4 is 17.7 Å². The average molecular weight is 370 g/mol. The molecule has 3 aliphatic rings. The zero-order valence-electron chi connectivity index (χ0n) is 15.4. The van der Waals surface area contributed by atoms with Gasteiger partial charge in [-0.3, -0.25) is 19.7 Å². The van der Waals surface area contributed by atoms with Gasteiger partial charge in [0.05, 0.1) is 0 Å². The molecule has 1 aromatic carbocycles. The van der Waals surface area contributed by atoms with Crippen LogP contribution in [-0.4, -0.2) is 47.8 Å². The summed E-state index contributed by atoms with van der Waals surface area (Å²) in [5, 5.41) is 9.37. The van der Waals surface area contributed by atoms with Crippen molar-refractivity contribution in [3.63, 3.8) is 0 Å². The quantitative estimate of drug-likeness (QED) is 0.678. The van der Waals surface area contributed by atoms with Crippen molar-refractivity contribution in [2.45, 2.75) is 57.3 Å². The van der Waals surface area contributed by atoms with Gasteiger partial charge in [0, 0.05) is 31.1 Å². The molecule has 2 saturated heterocycles. The van der Waals surface area contributed by atoms with E-state index in [0.717, 1.165) is 49.0 Å². The topological polar surface area (TPSA) is 90.5 Å². The monoisotopic (exact) mass is 370 g/mol. The molecule has 1 aromatic rings. The number of hydrogen-bond donors (Lipinski definition) is 3. The first-order chi connectivity index (χ1) is 13.1. The van der Waals surface area contributed by atoms with Crippen molar-refractivity contribution in [2.24, 2.45) is 0 Å². The first kappa shape index (κ1) is 18.1. The van der Waals surface area contributed by atoms with E-state index >= 15 is 0 Å². The SMILES string of the molecule is O=C1CCC(N2Cc3cccc(CNC4CCCNCC4)c3C2=O)C(=O)N1. The summed E-state index contributed by atoms with van der Waals surface area (Å²) in [6.07, 6.45) is 4.06. The smallest absolute Gasteiger partial charge is 0.255 e. The minimum absolute atomic E-state index is 0.0977. The van der Waals surface area contributed by atoms with Crippen molar-refractivity contribution in [3.05, 3.63) is 34.9 Å². The van der Waals surface area contributed by atoms with E-state index in [4.69, 9.17) is 0 Å². The summed E-state index contributed by atoms with van der Waals surface area (Å²) in [5.74, 6) is -0.722. The van der Waals surface area contributed by atoms with Gasteiger partial charge in [0.2, 0.25) is 11.8 Å². The molecule has 0 saturated carbocycles. The fourth-order valence-electron chi connectivity index (χ4n) is 4.31. The van der Waals surface area contributed by atoms with Crippen LogP contribution in [0.2, 0.25) is 0 Å². The predicted molar refractivity (Wildman–Crippen MR) is 99.8 cm³/mol. The van der Waals surface area contributed by atoms with E-state index in [1.165, 1.54) is 0 Å². The van der Waals surface area contributed by atoms with Crippen LogP contribution < -0.4 is 16.0 Å². The van der Waals surface area contributed by atoms with Gasteiger partial charge in [0.15, 0.2) is 0 Å². The third-order valence-corrected chi connectivity index (χ3v) is 5.80. The largest absolute Gasteiger partial charge is 0.322 e. The highest BCUT2D eigenvalue weighted by Crippen LogP contribution is 2.30. The Morgan fingerprint density at radius 1 is 1.11 bits per heavy atom. The maximum Gasteiger partial charge on any atom is 0.255 e. The molecule has 2 atom stereocenters. The number of carbonyl (C=O) groups is 3. The Bertz CT molecular complexity index is 756. The van der Waals surface area contributed by atoms with Crippen molar-refractivity contribution in [3.8, 4) is 0 Å². The number of amides is 3. The van der Waals surface area contributed by atoms with E-state index in [9.17, 15) is 14.4 Å². The molecule has 0 aliphatic carbocycles. The molecule has 3 aliphatic heterocycles. The second kappa shape index (κ2) is 7.78. The first-order valence-electron chi connectivity index (χ1n) is 9.83. The number of hydrogen-bond acceptors (Lipinski definition) is 5. The summed E-state index contributed by atoms with van der Waals surface area (Å²) < 4.78 is 0. The third-order valence-electron chi connectivity index (χ3n) is 5.80.